The highest BCUT2D eigenvalue weighted by Crippen LogP contribution is 2.08. The fourth-order valence-corrected chi connectivity index (χ4v) is 1.92. The minimum absolute atomic E-state index is 0.0622. The van der Waals surface area contributed by atoms with E-state index in [-0.39, 0.29) is 12.3 Å². The van der Waals surface area contributed by atoms with E-state index in [1.807, 2.05) is 0 Å². The van der Waals surface area contributed by atoms with Crippen molar-refractivity contribution >= 4 is 23.5 Å². The molecule has 94 valence electrons. The summed E-state index contributed by atoms with van der Waals surface area (Å²) in [5.41, 5.74) is -0.0622. The third kappa shape index (κ3) is 5.01. The van der Waals surface area contributed by atoms with Crippen LogP contribution in [0.3, 0.4) is 0 Å². The fraction of sp³-hybridized carbons (Fsp3) is 0.500. The number of carbonyl (C=O) groups is 1. The molecule has 0 bridgehead atoms. The molecule has 0 aliphatic rings. The average Bonchev–Trinajstić information content (AvgIpc) is 2.34. The molecule has 0 radical (unpaired) electrons. The minimum atomic E-state index is -1.09. The molecule has 0 amide bonds. The quantitative estimate of drug-likeness (QED) is 0.590. The molecule has 0 aliphatic carbocycles. The summed E-state index contributed by atoms with van der Waals surface area (Å²) in [7, 11) is 0. The van der Waals surface area contributed by atoms with Crippen LogP contribution in [0.15, 0.2) is 12.4 Å². The van der Waals surface area contributed by atoms with Crippen LogP contribution in [0.4, 0.5) is 5.82 Å². The summed E-state index contributed by atoms with van der Waals surface area (Å²) in [6.07, 6.45) is 3.58. The van der Waals surface area contributed by atoms with E-state index < -0.39 is 5.97 Å². The highest BCUT2D eigenvalue weighted by Gasteiger charge is 2.11. The van der Waals surface area contributed by atoms with E-state index >= 15 is 0 Å². The predicted molar refractivity (Wildman–Crippen MR) is 66.5 cm³/mol. The first-order valence-corrected chi connectivity index (χ1v) is 6.38. The Balaban J connectivity index is 2.34. The maximum atomic E-state index is 10.8. The molecule has 7 heteroatoms. The lowest BCUT2D eigenvalue weighted by Crippen LogP contribution is -2.12. The van der Waals surface area contributed by atoms with Crippen molar-refractivity contribution in [1.29, 1.82) is 0 Å². The SMILES string of the molecule is O=C(O)c1nccnc1NCCSCCCO. The Morgan fingerprint density at radius 3 is 2.82 bits per heavy atom. The zero-order chi connectivity index (χ0) is 12.5. The number of hydrogen-bond donors (Lipinski definition) is 3. The summed E-state index contributed by atoms with van der Waals surface area (Å²) in [5.74, 6) is 0.927. The number of aliphatic hydroxyl groups excluding tert-OH is 1. The third-order valence-corrected chi connectivity index (χ3v) is 2.96. The fourth-order valence-electron chi connectivity index (χ4n) is 1.13. The molecular formula is C10H15N3O3S. The first-order valence-electron chi connectivity index (χ1n) is 5.22. The van der Waals surface area contributed by atoms with Gasteiger partial charge < -0.3 is 15.5 Å². The number of carboxylic acids is 1. The lowest BCUT2D eigenvalue weighted by atomic mass is 10.4. The molecule has 3 N–H and O–H groups in total. The van der Waals surface area contributed by atoms with Crippen LogP contribution < -0.4 is 5.32 Å². The molecule has 1 aromatic rings. The number of rotatable bonds is 8. The summed E-state index contributed by atoms with van der Waals surface area (Å²) >= 11 is 1.69. The molecule has 0 fully saturated rings. The molecule has 0 atom stereocenters. The van der Waals surface area contributed by atoms with Gasteiger partial charge in [-0.3, -0.25) is 0 Å². The molecule has 0 saturated carbocycles. The molecule has 6 nitrogen and oxygen atoms in total. The molecule has 17 heavy (non-hydrogen) atoms. The molecule has 0 aromatic carbocycles. The Labute approximate surface area is 103 Å². The van der Waals surface area contributed by atoms with Gasteiger partial charge in [0, 0.05) is 31.3 Å². The van der Waals surface area contributed by atoms with Crippen LogP contribution in [0.25, 0.3) is 0 Å². The average molecular weight is 257 g/mol. The van der Waals surface area contributed by atoms with Crippen molar-refractivity contribution in [3.63, 3.8) is 0 Å². The van der Waals surface area contributed by atoms with E-state index in [1.165, 1.54) is 12.4 Å². The smallest absolute Gasteiger partial charge is 0.358 e. The second kappa shape index (κ2) is 7.86. The second-order valence-corrected chi connectivity index (χ2v) is 4.40. The Morgan fingerprint density at radius 1 is 1.35 bits per heavy atom. The molecular weight excluding hydrogens is 242 g/mol. The first kappa shape index (κ1) is 13.7. The number of nitrogens with zero attached hydrogens (tertiary/aromatic N) is 2. The summed E-state index contributed by atoms with van der Waals surface area (Å²) in [5, 5.41) is 20.4. The molecule has 0 saturated heterocycles. The number of anilines is 1. The van der Waals surface area contributed by atoms with E-state index in [4.69, 9.17) is 10.2 Å². The van der Waals surface area contributed by atoms with Crippen molar-refractivity contribution in [3.8, 4) is 0 Å². The van der Waals surface area contributed by atoms with Gasteiger partial charge in [0.1, 0.15) is 0 Å². The molecule has 0 aliphatic heterocycles. The maximum absolute atomic E-state index is 10.8. The Kier molecular flexibility index (Phi) is 6.34. The monoisotopic (exact) mass is 257 g/mol. The van der Waals surface area contributed by atoms with E-state index in [2.05, 4.69) is 15.3 Å². The van der Waals surface area contributed by atoms with Crippen molar-refractivity contribution in [3.05, 3.63) is 18.1 Å². The standard InChI is InChI=1S/C10H15N3O3S/c14-5-1-6-17-7-4-13-9-8(10(15)16)11-2-3-12-9/h2-3,14H,1,4-7H2,(H,12,13)(H,15,16). The zero-order valence-corrected chi connectivity index (χ0v) is 10.1. The third-order valence-electron chi connectivity index (χ3n) is 1.89. The zero-order valence-electron chi connectivity index (χ0n) is 9.30. The maximum Gasteiger partial charge on any atom is 0.358 e. The molecule has 0 spiro atoms. The predicted octanol–water partition coefficient (Wildman–Crippen LogP) is 0.702. The van der Waals surface area contributed by atoms with Gasteiger partial charge in [0.05, 0.1) is 0 Å². The van der Waals surface area contributed by atoms with E-state index in [0.717, 1.165) is 17.9 Å². The topological polar surface area (TPSA) is 95.3 Å². The van der Waals surface area contributed by atoms with E-state index in [9.17, 15) is 4.79 Å². The normalized spacial score (nSPS) is 10.2. The summed E-state index contributed by atoms with van der Waals surface area (Å²) in [6.45, 7) is 0.822. The molecule has 1 aromatic heterocycles. The minimum Gasteiger partial charge on any atom is -0.476 e. The highest BCUT2D eigenvalue weighted by molar-refractivity contribution is 7.99. The number of hydrogen-bond acceptors (Lipinski definition) is 6. The summed E-state index contributed by atoms with van der Waals surface area (Å²) < 4.78 is 0. The summed E-state index contributed by atoms with van der Waals surface area (Å²) in [4.78, 5) is 18.5. The van der Waals surface area contributed by atoms with Gasteiger partial charge in [-0.05, 0) is 12.2 Å². The Morgan fingerprint density at radius 2 is 2.12 bits per heavy atom. The van der Waals surface area contributed by atoms with Crippen LogP contribution in [0, 0.1) is 0 Å². The van der Waals surface area contributed by atoms with Crippen LogP contribution in [0.2, 0.25) is 0 Å². The number of aliphatic hydroxyl groups is 1. The van der Waals surface area contributed by atoms with Gasteiger partial charge in [0.25, 0.3) is 0 Å². The van der Waals surface area contributed by atoms with Crippen LogP contribution in [0.5, 0.6) is 0 Å². The van der Waals surface area contributed by atoms with Crippen molar-refractivity contribution in [2.45, 2.75) is 6.42 Å². The summed E-state index contributed by atoms with van der Waals surface area (Å²) in [6, 6.07) is 0. The largest absolute Gasteiger partial charge is 0.476 e. The van der Waals surface area contributed by atoms with Gasteiger partial charge in [-0.15, -0.1) is 0 Å². The number of aromatic carboxylic acids is 1. The van der Waals surface area contributed by atoms with Gasteiger partial charge in [0.2, 0.25) is 0 Å². The van der Waals surface area contributed by atoms with Crippen molar-refractivity contribution in [2.24, 2.45) is 0 Å². The number of aromatic nitrogens is 2. The lowest BCUT2D eigenvalue weighted by Gasteiger charge is -2.06. The van der Waals surface area contributed by atoms with Gasteiger partial charge in [0.15, 0.2) is 11.5 Å². The Hall–Kier alpha value is -1.34. The van der Waals surface area contributed by atoms with Gasteiger partial charge in [-0.2, -0.15) is 11.8 Å². The van der Waals surface area contributed by atoms with Crippen LogP contribution >= 0.6 is 11.8 Å². The van der Waals surface area contributed by atoms with Gasteiger partial charge in [-0.1, -0.05) is 0 Å². The lowest BCUT2D eigenvalue weighted by molar-refractivity contribution is 0.0691. The number of nitrogens with one attached hydrogen (secondary N) is 1. The van der Waals surface area contributed by atoms with Gasteiger partial charge in [-0.25, -0.2) is 14.8 Å². The van der Waals surface area contributed by atoms with Crippen molar-refractivity contribution < 1.29 is 15.0 Å². The Bertz CT molecular complexity index is 362. The van der Waals surface area contributed by atoms with Crippen molar-refractivity contribution in [1.82, 2.24) is 9.97 Å². The van der Waals surface area contributed by atoms with Crippen LogP contribution in [-0.4, -0.2) is 50.8 Å². The molecule has 0 unspecified atom stereocenters. The van der Waals surface area contributed by atoms with Crippen LogP contribution in [-0.2, 0) is 0 Å². The molecule has 1 rings (SSSR count). The van der Waals surface area contributed by atoms with Crippen LogP contribution in [0.1, 0.15) is 16.9 Å². The van der Waals surface area contributed by atoms with Crippen molar-refractivity contribution in [2.75, 3.05) is 30.0 Å². The highest BCUT2D eigenvalue weighted by atomic mass is 32.2. The van der Waals surface area contributed by atoms with E-state index in [0.29, 0.717) is 12.4 Å². The van der Waals surface area contributed by atoms with Gasteiger partial charge >= 0.3 is 5.97 Å². The van der Waals surface area contributed by atoms with E-state index in [1.54, 1.807) is 11.8 Å². The number of thioether (sulfide) groups is 1. The first-order chi connectivity index (χ1) is 8.25. The number of carboxylic acid groups (broad SMARTS) is 1. The molecule has 1 heterocycles. The second-order valence-electron chi connectivity index (χ2n) is 3.18.